The van der Waals surface area contributed by atoms with E-state index < -0.39 is 23.7 Å². The summed E-state index contributed by atoms with van der Waals surface area (Å²) in [6.07, 6.45) is 5.34. The molecule has 2 amide bonds. The molecule has 5 aliphatic rings. The van der Waals surface area contributed by atoms with Gasteiger partial charge in [0.05, 0.1) is 16.3 Å². The highest BCUT2D eigenvalue weighted by atomic mass is 79.9. The molecular weight excluding hydrogens is 676 g/mol. The smallest absolute Gasteiger partial charge is 0.233 e. The van der Waals surface area contributed by atoms with Crippen molar-refractivity contribution >= 4 is 55.2 Å². The molecule has 2 saturated heterocycles. The summed E-state index contributed by atoms with van der Waals surface area (Å²) in [7, 11) is 0. The Hall–Kier alpha value is -3.14. The number of Topliss-reactive ketones (excluding diaryl/α,β-unsaturated/α-hetero) is 1. The molecule has 2 fully saturated rings. The third-order valence-corrected chi connectivity index (χ3v) is 10.9. The number of aromatic hydroxyl groups is 1. The van der Waals surface area contributed by atoms with Crippen LogP contribution in [0.3, 0.4) is 0 Å². The highest BCUT2D eigenvalue weighted by Gasteiger charge is 2.57. The summed E-state index contributed by atoms with van der Waals surface area (Å²) in [6.45, 7) is 2.45. The van der Waals surface area contributed by atoms with Crippen LogP contribution in [0.2, 0.25) is 0 Å². The highest BCUT2D eigenvalue weighted by Crippen LogP contribution is 2.56. The van der Waals surface area contributed by atoms with E-state index in [4.69, 9.17) is 0 Å². The molecule has 0 bridgehead atoms. The van der Waals surface area contributed by atoms with Gasteiger partial charge in [0.2, 0.25) is 11.8 Å². The first kappa shape index (κ1) is 28.6. The van der Waals surface area contributed by atoms with Gasteiger partial charge in [0.15, 0.2) is 11.6 Å². The van der Waals surface area contributed by atoms with Gasteiger partial charge in [-0.3, -0.25) is 29.0 Å². The van der Waals surface area contributed by atoms with E-state index in [1.54, 1.807) is 18.2 Å². The van der Waals surface area contributed by atoms with E-state index in [1.165, 1.54) is 16.5 Å². The van der Waals surface area contributed by atoms with Crippen LogP contribution in [0, 0.1) is 17.8 Å². The van der Waals surface area contributed by atoms with Crippen molar-refractivity contribution in [3.8, 4) is 5.75 Å². The quantitative estimate of drug-likeness (QED) is 0.254. The molecule has 0 aromatic heterocycles. The van der Waals surface area contributed by atoms with Gasteiger partial charge in [0.25, 0.3) is 0 Å². The lowest BCUT2D eigenvalue weighted by Crippen LogP contribution is -2.47. The number of carbonyl (C=O) groups is 4. The first-order valence-electron chi connectivity index (χ1n) is 14.7. The van der Waals surface area contributed by atoms with Crippen LogP contribution in [0.4, 0.5) is 0 Å². The number of amides is 2. The monoisotopic (exact) mass is 704 g/mol. The zero-order chi connectivity index (χ0) is 30.0. The largest absolute Gasteiger partial charge is 0.508 e. The maximum absolute atomic E-state index is 14.2. The molecule has 3 aliphatic carbocycles. The van der Waals surface area contributed by atoms with Gasteiger partial charge in [-0.05, 0) is 71.3 Å². The number of imide groups is 1. The molecular formula is C34H30Br2N2O5. The van der Waals surface area contributed by atoms with E-state index in [-0.39, 0.29) is 46.1 Å². The Kier molecular flexibility index (Phi) is 7.38. The number of hydrogen-bond acceptors (Lipinski definition) is 6. The summed E-state index contributed by atoms with van der Waals surface area (Å²) in [5.74, 6) is -3.05. The van der Waals surface area contributed by atoms with Crippen molar-refractivity contribution in [1.29, 1.82) is 0 Å². The number of likely N-dealkylation sites (tertiary alicyclic amines) is 2. The van der Waals surface area contributed by atoms with Crippen LogP contribution in [0.1, 0.15) is 42.7 Å². The lowest BCUT2D eigenvalue weighted by molar-refractivity contribution is -0.144. The van der Waals surface area contributed by atoms with E-state index in [2.05, 4.69) is 48.9 Å². The standard InChI is InChI=1S/C34H30Br2N2O5/c35-19-6-9-27(39)24(14-19)29-21-7-8-22-30(23(21)15-25-31(29)28(40)16-26(36)32(25)41)34(43)38(33(22)42)20-10-12-37(13-11-20)17-18-4-2-1-3-5-18/h1-7,9,14,16,20,22-23,29-30,39H,8,10-13,15,17H2/t22-,23+,29+,30-/m0/s1. The zero-order valence-corrected chi connectivity index (χ0v) is 26.5. The molecule has 4 atom stereocenters. The number of fused-ring (bicyclic) bond motifs is 3. The number of ketones is 2. The Morgan fingerprint density at radius 3 is 2.40 bits per heavy atom. The fourth-order valence-corrected chi connectivity index (χ4v) is 8.71. The first-order valence-corrected chi connectivity index (χ1v) is 16.3. The fourth-order valence-electron chi connectivity index (χ4n) is 7.88. The molecule has 9 heteroatoms. The maximum Gasteiger partial charge on any atom is 0.233 e. The van der Waals surface area contributed by atoms with Crippen molar-refractivity contribution in [2.75, 3.05) is 13.1 Å². The van der Waals surface area contributed by atoms with Crippen molar-refractivity contribution in [3.05, 3.63) is 97.5 Å². The van der Waals surface area contributed by atoms with Crippen LogP contribution in [-0.4, -0.2) is 57.4 Å². The molecule has 1 N–H and O–H groups in total. The molecule has 0 spiro atoms. The summed E-state index contributed by atoms with van der Waals surface area (Å²) in [4.78, 5) is 58.8. The Balaban J connectivity index is 1.19. The van der Waals surface area contributed by atoms with Gasteiger partial charge in [-0.25, -0.2) is 0 Å². The molecule has 2 heterocycles. The lowest BCUT2D eigenvalue weighted by atomic mass is 9.59. The van der Waals surface area contributed by atoms with Crippen molar-refractivity contribution < 1.29 is 24.3 Å². The van der Waals surface area contributed by atoms with Crippen LogP contribution in [-0.2, 0) is 25.7 Å². The van der Waals surface area contributed by atoms with Crippen LogP contribution in [0.25, 0.3) is 0 Å². The molecule has 7 rings (SSSR count). The minimum absolute atomic E-state index is 0.00954. The van der Waals surface area contributed by atoms with Crippen molar-refractivity contribution in [2.45, 2.75) is 44.2 Å². The van der Waals surface area contributed by atoms with Gasteiger partial charge in [-0.2, -0.15) is 0 Å². The predicted octanol–water partition coefficient (Wildman–Crippen LogP) is 5.58. The van der Waals surface area contributed by atoms with Crippen molar-refractivity contribution in [2.24, 2.45) is 17.8 Å². The number of hydrogen-bond donors (Lipinski definition) is 1. The molecule has 0 unspecified atom stereocenters. The van der Waals surface area contributed by atoms with Gasteiger partial charge in [-0.15, -0.1) is 0 Å². The van der Waals surface area contributed by atoms with E-state index >= 15 is 0 Å². The lowest BCUT2D eigenvalue weighted by Gasteiger charge is -2.42. The zero-order valence-electron chi connectivity index (χ0n) is 23.3. The Morgan fingerprint density at radius 1 is 0.907 bits per heavy atom. The SMILES string of the molecule is O=C1C=C(Br)C(=O)C2=C1[C@@H](c1cc(Br)ccc1O)C1=CC[C@@H]3C(=O)N(C4CCN(Cc5ccccc5)CC4)C(=O)[C@@H]3[C@@H]1C2. The minimum Gasteiger partial charge on any atom is -0.508 e. The van der Waals surface area contributed by atoms with Crippen LogP contribution in [0.15, 0.2) is 86.4 Å². The topological polar surface area (TPSA) is 95.0 Å². The number of rotatable bonds is 4. The second-order valence-corrected chi connectivity index (χ2v) is 13.9. The summed E-state index contributed by atoms with van der Waals surface area (Å²) < 4.78 is 0.910. The van der Waals surface area contributed by atoms with Crippen molar-refractivity contribution in [3.63, 3.8) is 0 Å². The van der Waals surface area contributed by atoms with Crippen LogP contribution in [0.5, 0.6) is 5.75 Å². The number of benzene rings is 2. The Bertz CT molecular complexity index is 1650. The number of phenols is 1. The van der Waals surface area contributed by atoms with Gasteiger partial charge < -0.3 is 5.11 Å². The van der Waals surface area contributed by atoms with Crippen molar-refractivity contribution in [1.82, 2.24) is 9.80 Å². The van der Waals surface area contributed by atoms with Gasteiger partial charge in [0.1, 0.15) is 5.75 Å². The molecule has 220 valence electrons. The average molecular weight is 706 g/mol. The van der Waals surface area contributed by atoms with Gasteiger partial charge >= 0.3 is 0 Å². The van der Waals surface area contributed by atoms with Crippen LogP contribution >= 0.6 is 31.9 Å². The fraction of sp³-hybridized carbons (Fsp3) is 0.353. The average Bonchev–Trinajstić information content (AvgIpc) is 3.26. The summed E-state index contributed by atoms with van der Waals surface area (Å²) in [6, 6.07) is 15.2. The molecule has 2 aromatic carbocycles. The number of allylic oxidation sites excluding steroid dienone is 6. The number of phenolic OH excluding ortho intramolecular Hbond substituents is 1. The molecule has 0 radical (unpaired) electrons. The molecule has 43 heavy (non-hydrogen) atoms. The van der Waals surface area contributed by atoms with E-state index in [0.717, 1.165) is 42.5 Å². The second-order valence-electron chi connectivity index (χ2n) is 12.1. The summed E-state index contributed by atoms with van der Waals surface area (Å²) >= 11 is 6.75. The number of nitrogens with zero attached hydrogens (tertiary/aromatic N) is 2. The third-order valence-electron chi connectivity index (χ3n) is 9.84. The maximum atomic E-state index is 14.2. The van der Waals surface area contributed by atoms with E-state index in [0.29, 0.717) is 23.1 Å². The first-order chi connectivity index (χ1) is 20.7. The third kappa shape index (κ3) is 4.80. The normalized spacial score (nSPS) is 28.0. The van der Waals surface area contributed by atoms with E-state index in [9.17, 15) is 24.3 Å². The predicted molar refractivity (Wildman–Crippen MR) is 167 cm³/mol. The number of halogens is 2. The number of piperidine rings is 1. The minimum atomic E-state index is -0.682. The Morgan fingerprint density at radius 2 is 1.65 bits per heavy atom. The van der Waals surface area contributed by atoms with Gasteiger partial charge in [0, 0.05) is 58.9 Å². The summed E-state index contributed by atoms with van der Waals surface area (Å²) in [5, 5.41) is 11.0. The second kappa shape index (κ2) is 11.1. The van der Waals surface area contributed by atoms with Gasteiger partial charge in [-0.1, -0.05) is 57.9 Å². The molecule has 2 aromatic rings. The highest BCUT2D eigenvalue weighted by molar-refractivity contribution is 9.12. The molecule has 0 saturated carbocycles. The number of carbonyl (C=O) groups excluding carboxylic acids is 4. The van der Waals surface area contributed by atoms with E-state index in [1.807, 2.05) is 24.3 Å². The summed E-state index contributed by atoms with van der Waals surface area (Å²) in [5.41, 5.74) is 3.29. The molecule has 2 aliphatic heterocycles. The Labute approximate surface area is 266 Å². The molecule has 7 nitrogen and oxygen atoms in total. The van der Waals surface area contributed by atoms with Crippen LogP contribution < -0.4 is 0 Å².